The first-order valence-corrected chi connectivity index (χ1v) is 11.5. The van der Waals surface area contributed by atoms with Gasteiger partial charge in [-0.25, -0.2) is 23.1 Å². The van der Waals surface area contributed by atoms with E-state index < -0.39 is 39.7 Å². The van der Waals surface area contributed by atoms with E-state index >= 15 is 0 Å². The number of hydrogen-bond acceptors (Lipinski definition) is 9. The van der Waals surface area contributed by atoms with Crippen LogP contribution in [0, 0.1) is 0 Å². The topological polar surface area (TPSA) is 145 Å². The van der Waals surface area contributed by atoms with Crippen molar-refractivity contribution in [2.75, 3.05) is 37.6 Å². The summed E-state index contributed by atoms with van der Waals surface area (Å²) in [5.74, 6) is 0.428. The van der Waals surface area contributed by atoms with Crippen molar-refractivity contribution in [3.63, 3.8) is 0 Å². The molecule has 2 aliphatic rings. The number of ether oxygens (including phenoxy) is 1. The number of carbonyl (C=O) groups is 1. The van der Waals surface area contributed by atoms with Crippen LogP contribution in [0.25, 0.3) is 0 Å². The van der Waals surface area contributed by atoms with Gasteiger partial charge in [-0.1, -0.05) is 0 Å². The summed E-state index contributed by atoms with van der Waals surface area (Å²) in [7, 11) is -3.53. The van der Waals surface area contributed by atoms with Gasteiger partial charge in [0.1, 0.15) is 18.3 Å². The number of anilines is 1. The van der Waals surface area contributed by atoms with Gasteiger partial charge in [-0.05, 0) is 19.9 Å². The fourth-order valence-electron chi connectivity index (χ4n) is 3.44. The van der Waals surface area contributed by atoms with E-state index in [1.807, 2.05) is 4.90 Å². The van der Waals surface area contributed by atoms with E-state index in [4.69, 9.17) is 4.74 Å². The lowest BCUT2D eigenvalue weighted by molar-refractivity contribution is -0.135. The van der Waals surface area contributed by atoms with Gasteiger partial charge < -0.3 is 24.7 Å². The average molecular weight is 444 g/mol. The molecule has 168 valence electrons. The summed E-state index contributed by atoms with van der Waals surface area (Å²) in [4.78, 5) is 24.7. The molecule has 11 nitrogen and oxygen atoms in total. The van der Waals surface area contributed by atoms with Crippen LogP contribution < -0.4 is 9.62 Å². The van der Waals surface area contributed by atoms with Crippen molar-refractivity contribution in [2.45, 2.75) is 49.9 Å². The molecule has 3 heterocycles. The number of aromatic nitrogens is 2. The standard InChI is InChI=1S/C18H29N5O6S/c1-12(2)30(27,28)21-11-14-17(26)16(25)13(29-14)10-15(24)22-6-8-23(9-7-22)18-19-4-3-5-20-18/h3-5,12-14,16-17,21,25-26H,6-11H2,1-2H3. The van der Waals surface area contributed by atoms with Crippen LogP contribution in [0.4, 0.5) is 5.95 Å². The Morgan fingerprint density at radius 1 is 1.17 bits per heavy atom. The number of sulfonamides is 1. The second-order valence-corrected chi connectivity index (χ2v) is 10.1. The Morgan fingerprint density at radius 3 is 2.37 bits per heavy atom. The van der Waals surface area contributed by atoms with Gasteiger partial charge in [-0.2, -0.15) is 0 Å². The molecule has 2 fully saturated rings. The lowest BCUT2D eigenvalue weighted by atomic mass is 10.0. The molecule has 0 bridgehead atoms. The molecule has 30 heavy (non-hydrogen) atoms. The number of aliphatic hydroxyl groups excluding tert-OH is 2. The molecule has 1 aromatic rings. The minimum absolute atomic E-state index is 0.0898. The molecular weight excluding hydrogens is 414 g/mol. The van der Waals surface area contributed by atoms with E-state index in [-0.39, 0.29) is 18.9 Å². The second kappa shape index (κ2) is 9.52. The molecule has 2 aliphatic heterocycles. The second-order valence-electron chi connectivity index (χ2n) is 7.76. The first-order valence-electron chi connectivity index (χ1n) is 9.99. The molecular formula is C18H29N5O6S. The molecule has 0 saturated carbocycles. The third-order valence-corrected chi connectivity index (χ3v) is 7.22. The van der Waals surface area contributed by atoms with Crippen LogP contribution in [0.5, 0.6) is 0 Å². The van der Waals surface area contributed by atoms with Gasteiger partial charge in [0.15, 0.2) is 0 Å². The first-order chi connectivity index (χ1) is 14.2. The van der Waals surface area contributed by atoms with Crippen LogP contribution in [0.15, 0.2) is 18.5 Å². The minimum atomic E-state index is -3.53. The zero-order valence-electron chi connectivity index (χ0n) is 17.1. The zero-order valence-corrected chi connectivity index (χ0v) is 17.9. The summed E-state index contributed by atoms with van der Waals surface area (Å²) in [6, 6.07) is 1.74. The van der Waals surface area contributed by atoms with E-state index in [9.17, 15) is 23.4 Å². The molecule has 4 unspecified atom stereocenters. The fourth-order valence-corrected chi connectivity index (χ4v) is 4.17. The van der Waals surface area contributed by atoms with Crippen LogP contribution in [0.1, 0.15) is 20.3 Å². The third kappa shape index (κ3) is 5.24. The highest BCUT2D eigenvalue weighted by Gasteiger charge is 2.44. The van der Waals surface area contributed by atoms with Crippen molar-refractivity contribution < 1.29 is 28.2 Å². The largest absolute Gasteiger partial charge is 0.388 e. The molecule has 0 radical (unpaired) electrons. The normalized spacial score (nSPS) is 27.6. The van der Waals surface area contributed by atoms with E-state index in [0.717, 1.165) is 0 Å². The number of carbonyl (C=O) groups excluding carboxylic acids is 1. The third-order valence-electron chi connectivity index (χ3n) is 5.41. The van der Waals surface area contributed by atoms with E-state index in [2.05, 4.69) is 14.7 Å². The summed E-state index contributed by atoms with van der Waals surface area (Å²) in [5.41, 5.74) is 0. The lowest BCUT2D eigenvalue weighted by Gasteiger charge is -2.35. The Labute approximate surface area is 176 Å². The maximum atomic E-state index is 12.7. The maximum Gasteiger partial charge on any atom is 0.225 e. The van der Waals surface area contributed by atoms with Crippen molar-refractivity contribution >= 4 is 21.9 Å². The number of piperazine rings is 1. The van der Waals surface area contributed by atoms with Crippen LogP contribution >= 0.6 is 0 Å². The van der Waals surface area contributed by atoms with Crippen molar-refractivity contribution in [3.8, 4) is 0 Å². The highest BCUT2D eigenvalue weighted by atomic mass is 32.2. The predicted molar refractivity (Wildman–Crippen MR) is 108 cm³/mol. The molecule has 2 saturated heterocycles. The molecule has 0 aromatic carbocycles. The summed E-state index contributed by atoms with van der Waals surface area (Å²) >= 11 is 0. The van der Waals surface area contributed by atoms with Crippen LogP contribution in [0.3, 0.4) is 0 Å². The molecule has 1 amide bonds. The number of rotatable bonds is 7. The molecule has 3 rings (SSSR count). The van der Waals surface area contributed by atoms with Gasteiger partial charge in [0.2, 0.25) is 21.9 Å². The quantitative estimate of drug-likeness (QED) is 0.450. The maximum absolute atomic E-state index is 12.7. The monoisotopic (exact) mass is 443 g/mol. The van der Waals surface area contributed by atoms with Crippen LogP contribution in [-0.4, -0.2) is 102 Å². The van der Waals surface area contributed by atoms with Gasteiger partial charge in [0.25, 0.3) is 0 Å². The van der Waals surface area contributed by atoms with E-state index in [1.165, 1.54) is 13.8 Å². The number of aliphatic hydroxyl groups is 2. The Morgan fingerprint density at radius 2 is 1.77 bits per heavy atom. The molecule has 0 spiro atoms. The summed E-state index contributed by atoms with van der Waals surface area (Å²) in [5, 5.41) is 19.8. The number of hydrogen-bond donors (Lipinski definition) is 3. The smallest absolute Gasteiger partial charge is 0.225 e. The van der Waals surface area contributed by atoms with Crippen molar-refractivity contribution in [1.82, 2.24) is 19.6 Å². The zero-order chi connectivity index (χ0) is 21.9. The van der Waals surface area contributed by atoms with Gasteiger partial charge in [0.05, 0.1) is 17.8 Å². The average Bonchev–Trinajstić information content (AvgIpc) is 3.01. The van der Waals surface area contributed by atoms with Crippen molar-refractivity contribution in [1.29, 1.82) is 0 Å². The first kappa shape index (κ1) is 22.8. The van der Waals surface area contributed by atoms with Gasteiger partial charge >= 0.3 is 0 Å². The van der Waals surface area contributed by atoms with Gasteiger partial charge in [-0.3, -0.25) is 4.79 Å². The van der Waals surface area contributed by atoms with Crippen molar-refractivity contribution in [3.05, 3.63) is 18.5 Å². The van der Waals surface area contributed by atoms with E-state index in [1.54, 1.807) is 23.4 Å². The van der Waals surface area contributed by atoms with Gasteiger partial charge in [0, 0.05) is 45.1 Å². The minimum Gasteiger partial charge on any atom is -0.388 e. The Hall–Kier alpha value is -1.86. The van der Waals surface area contributed by atoms with Crippen LogP contribution in [-0.2, 0) is 19.6 Å². The fraction of sp³-hybridized carbons (Fsp3) is 0.722. The molecule has 12 heteroatoms. The summed E-state index contributed by atoms with van der Waals surface area (Å²) in [6.45, 7) is 5.06. The lowest BCUT2D eigenvalue weighted by Crippen LogP contribution is -2.50. The number of nitrogens with one attached hydrogen (secondary N) is 1. The van der Waals surface area contributed by atoms with Crippen LogP contribution in [0.2, 0.25) is 0 Å². The number of amides is 1. The van der Waals surface area contributed by atoms with Gasteiger partial charge in [-0.15, -0.1) is 0 Å². The Balaban J connectivity index is 1.49. The molecule has 4 atom stereocenters. The molecule has 0 aliphatic carbocycles. The highest BCUT2D eigenvalue weighted by Crippen LogP contribution is 2.24. The molecule has 3 N–H and O–H groups in total. The van der Waals surface area contributed by atoms with E-state index in [0.29, 0.717) is 32.1 Å². The summed E-state index contributed by atoms with van der Waals surface area (Å²) in [6.07, 6.45) is -1.10. The number of nitrogens with zero attached hydrogens (tertiary/aromatic N) is 4. The summed E-state index contributed by atoms with van der Waals surface area (Å²) < 4.78 is 31.8. The SMILES string of the molecule is CC(C)S(=O)(=O)NCC1OC(CC(=O)N2CCN(c3ncccn3)CC2)C(O)C1O. The molecule has 1 aromatic heterocycles. The van der Waals surface area contributed by atoms with Crippen molar-refractivity contribution in [2.24, 2.45) is 0 Å². The predicted octanol–water partition coefficient (Wildman–Crippen LogP) is -1.67. The Kier molecular flexibility index (Phi) is 7.24. The Bertz CT molecular complexity index is 816. The highest BCUT2D eigenvalue weighted by molar-refractivity contribution is 7.90.